The van der Waals surface area contributed by atoms with Crippen molar-refractivity contribution in [3.05, 3.63) is 69.7 Å². The standard InChI is InChI=1S/C21H22N4O4S/c1-2-29-19-9-3-15(4-10-19)21-24-17(14-30-21)13-20(26)23-12-11-22-16-5-7-18(8-6-16)25(27)28/h3-10,14,22H,2,11-13H2,1H3,(H,23,26). The first kappa shape index (κ1) is 21.3. The van der Waals surface area contributed by atoms with E-state index in [4.69, 9.17) is 4.74 Å². The highest BCUT2D eigenvalue weighted by molar-refractivity contribution is 7.13. The third-order valence-corrected chi connectivity index (χ3v) is 5.10. The fourth-order valence-corrected chi connectivity index (χ4v) is 3.54. The molecular formula is C21H22N4O4S. The van der Waals surface area contributed by atoms with Crippen molar-refractivity contribution in [3.63, 3.8) is 0 Å². The molecule has 0 aliphatic rings. The first-order valence-corrected chi connectivity index (χ1v) is 10.4. The third kappa shape index (κ3) is 6.02. The van der Waals surface area contributed by atoms with Crippen LogP contribution in [-0.2, 0) is 11.2 Å². The molecule has 0 aliphatic heterocycles. The number of non-ortho nitro benzene ring substituents is 1. The number of ether oxygens (including phenoxy) is 1. The zero-order valence-electron chi connectivity index (χ0n) is 16.5. The zero-order chi connectivity index (χ0) is 21.3. The quantitative estimate of drug-likeness (QED) is 0.289. The van der Waals surface area contributed by atoms with E-state index in [-0.39, 0.29) is 18.0 Å². The molecule has 0 radical (unpaired) electrons. The van der Waals surface area contributed by atoms with Gasteiger partial charge in [0.1, 0.15) is 10.8 Å². The lowest BCUT2D eigenvalue weighted by atomic mass is 10.2. The van der Waals surface area contributed by atoms with Gasteiger partial charge in [-0.3, -0.25) is 14.9 Å². The second-order valence-corrected chi connectivity index (χ2v) is 7.22. The Labute approximate surface area is 178 Å². The normalized spacial score (nSPS) is 10.4. The van der Waals surface area contributed by atoms with Gasteiger partial charge in [0.15, 0.2) is 0 Å². The van der Waals surface area contributed by atoms with Gasteiger partial charge < -0.3 is 15.4 Å². The van der Waals surface area contributed by atoms with Crippen LogP contribution >= 0.6 is 11.3 Å². The number of nitrogens with zero attached hydrogens (tertiary/aromatic N) is 2. The summed E-state index contributed by atoms with van der Waals surface area (Å²) in [6.45, 7) is 3.51. The average Bonchev–Trinajstić information content (AvgIpc) is 3.21. The van der Waals surface area contributed by atoms with E-state index in [2.05, 4.69) is 15.6 Å². The SMILES string of the molecule is CCOc1ccc(-c2nc(CC(=O)NCCNc3ccc([N+](=O)[O-])cc3)cs2)cc1. The second-order valence-electron chi connectivity index (χ2n) is 6.36. The molecule has 3 rings (SSSR count). The fraction of sp³-hybridized carbons (Fsp3) is 0.238. The van der Waals surface area contributed by atoms with Crippen LogP contribution in [0.3, 0.4) is 0 Å². The van der Waals surface area contributed by atoms with Gasteiger partial charge in [0, 0.05) is 41.9 Å². The maximum absolute atomic E-state index is 12.1. The van der Waals surface area contributed by atoms with Crippen LogP contribution in [0, 0.1) is 10.1 Å². The molecule has 0 atom stereocenters. The number of carbonyl (C=O) groups excluding carboxylic acids is 1. The molecule has 0 bridgehead atoms. The monoisotopic (exact) mass is 426 g/mol. The molecule has 30 heavy (non-hydrogen) atoms. The molecule has 1 aromatic heterocycles. The maximum Gasteiger partial charge on any atom is 0.269 e. The molecular weight excluding hydrogens is 404 g/mol. The van der Waals surface area contributed by atoms with E-state index >= 15 is 0 Å². The highest BCUT2D eigenvalue weighted by Gasteiger charge is 2.09. The second kappa shape index (κ2) is 10.4. The minimum atomic E-state index is -0.441. The summed E-state index contributed by atoms with van der Waals surface area (Å²) >= 11 is 1.50. The van der Waals surface area contributed by atoms with Crippen LogP contribution in [0.4, 0.5) is 11.4 Å². The number of hydrogen-bond acceptors (Lipinski definition) is 7. The minimum absolute atomic E-state index is 0.0433. The number of hydrogen-bond donors (Lipinski definition) is 2. The summed E-state index contributed by atoms with van der Waals surface area (Å²) in [5.41, 5.74) is 2.52. The smallest absolute Gasteiger partial charge is 0.269 e. The van der Waals surface area contributed by atoms with E-state index in [0.717, 1.165) is 27.7 Å². The van der Waals surface area contributed by atoms with Crippen LogP contribution in [0.1, 0.15) is 12.6 Å². The first-order valence-electron chi connectivity index (χ1n) is 9.48. The number of amides is 1. The van der Waals surface area contributed by atoms with Crippen molar-refractivity contribution in [2.45, 2.75) is 13.3 Å². The summed E-state index contributed by atoms with van der Waals surface area (Å²) in [6.07, 6.45) is 0.213. The number of aromatic nitrogens is 1. The van der Waals surface area contributed by atoms with Crippen molar-refractivity contribution >= 4 is 28.6 Å². The summed E-state index contributed by atoms with van der Waals surface area (Å²) in [5, 5.41) is 19.3. The Bertz CT molecular complexity index is 987. The van der Waals surface area contributed by atoms with E-state index < -0.39 is 4.92 Å². The van der Waals surface area contributed by atoms with Gasteiger partial charge in [0.2, 0.25) is 5.91 Å². The fourth-order valence-electron chi connectivity index (χ4n) is 2.72. The van der Waals surface area contributed by atoms with E-state index in [1.807, 2.05) is 36.6 Å². The molecule has 1 amide bonds. The predicted molar refractivity (Wildman–Crippen MR) is 117 cm³/mol. The summed E-state index contributed by atoms with van der Waals surface area (Å²) in [4.78, 5) is 26.9. The molecule has 0 fully saturated rings. The van der Waals surface area contributed by atoms with Crippen molar-refractivity contribution in [3.8, 4) is 16.3 Å². The Morgan fingerprint density at radius 3 is 2.53 bits per heavy atom. The summed E-state index contributed by atoms with van der Waals surface area (Å²) < 4.78 is 5.44. The molecule has 156 valence electrons. The first-order chi connectivity index (χ1) is 14.5. The van der Waals surface area contributed by atoms with Gasteiger partial charge in [0.05, 0.1) is 23.6 Å². The highest BCUT2D eigenvalue weighted by atomic mass is 32.1. The summed E-state index contributed by atoms with van der Waals surface area (Å²) in [5.74, 6) is 0.712. The topological polar surface area (TPSA) is 106 Å². The molecule has 2 N–H and O–H groups in total. The Balaban J connectivity index is 1.42. The molecule has 1 heterocycles. The Morgan fingerprint density at radius 1 is 1.13 bits per heavy atom. The van der Waals surface area contributed by atoms with E-state index in [0.29, 0.717) is 19.7 Å². The number of carbonyl (C=O) groups is 1. The van der Waals surface area contributed by atoms with Crippen LogP contribution in [0.2, 0.25) is 0 Å². The molecule has 0 spiro atoms. The van der Waals surface area contributed by atoms with Crippen molar-refractivity contribution < 1.29 is 14.5 Å². The largest absolute Gasteiger partial charge is 0.494 e. The van der Waals surface area contributed by atoms with Crippen LogP contribution in [0.25, 0.3) is 10.6 Å². The number of rotatable bonds is 10. The Morgan fingerprint density at radius 2 is 1.87 bits per heavy atom. The van der Waals surface area contributed by atoms with Gasteiger partial charge in [-0.1, -0.05) is 0 Å². The molecule has 0 unspecified atom stereocenters. The molecule has 0 saturated carbocycles. The van der Waals surface area contributed by atoms with Gasteiger partial charge in [-0.05, 0) is 43.3 Å². The molecule has 0 saturated heterocycles. The molecule has 8 nitrogen and oxygen atoms in total. The summed E-state index contributed by atoms with van der Waals surface area (Å²) in [7, 11) is 0. The highest BCUT2D eigenvalue weighted by Crippen LogP contribution is 2.26. The molecule has 3 aromatic rings. The van der Waals surface area contributed by atoms with Gasteiger partial charge in [-0.15, -0.1) is 11.3 Å². The lowest BCUT2D eigenvalue weighted by molar-refractivity contribution is -0.384. The third-order valence-electron chi connectivity index (χ3n) is 4.16. The number of nitro groups is 1. The Kier molecular flexibility index (Phi) is 7.34. The van der Waals surface area contributed by atoms with Crippen LogP contribution in [0.15, 0.2) is 53.9 Å². The lowest BCUT2D eigenvalue weighted by Crippen LogP contribution is -2.30. The lowest BCUT2D eigenvalue weighted by Gasteiger charge is -2.07. The Hall–Kier alpha value is -3.46. The number of benzene rings is 2. The van der Waals surface area contributed by atoms with Gasteiger partial charge in [0.25, 0.3) is 5.69 Å². The van der Waals surface area contributed by atoms with E-state index in [1.165, 1.54) is 23.5 Å². The van der Waals surface area contributed by atoms with Crippen molar-refractivity contribution in [1.29, 1.82) is 0 Å². The van der Waals surface area contributed by atoms with E-state index in [1.54, 1.807) is 12.1 Å². The van der Waals surface area contributed by atoms with Gasteiger partial charge in [-0.2, -0.15) is 0 Å². The molecule has 9 heteroatoms. The van der Waals surface area contributed by atoms with Gasteiger partial charge >= 0.3 is 0 Å². The van der Waals surface area contributed by atoms with Gasteiger partial charge in [-0.25, -0.2) is 4.98 Å². The van der Waals surface area contributed by atoms with E-state index in [9.17, 15) is 14.9 Å². The summed E-state index contributed by atoms with van der Waals surface area (Å²) in [6, 6.07) is 13.9. The van der Waals surface area contributed by atoms with Crippen molar-refractivity contribution in [2.24, 2.45) is 0 Å². The minimum Gasteiger partial charge on any atom is -0.494 e. The predicted octanol–water partition coefficient (Wildman–Crippen LogP) is 3.89. The molecule has 0 aliphatic carbocycles. The van der Waals surface area contributed by atoms with Crippen LogP contribution < -0.4 is 15.4 Å². The number of nitro benzene ring substituents is 1. The van der Waals surface area contributed by atoms with Crippen molar-refractivity contribution in [2.75, 3.05) is 25.0 Å². The van der Waals surface area contributed by atoms with Crippen molar-refractivity contribution in [1.82, 2.24) is 10.3 Å². The average molecular weight is 426 g/mol. The zero-order valence-corrected chi connectivity index (χ0v) is 17.3. The number of anilines is 1. The van der Waals surface area contributed by atoms with Crippen LogP contribution in [0.5, 0.6) is 5.75 Å². The van der Waals surface area contributed by atoms with Crippen LogP contribution in [-0.4, -0.2) is 35.5 Å². The number of nitrogens with one attached hydrogen (secondary N) is 2. The maximum atomic E-state index is 12.1. The molecule has 2 aromatic carbocycles. The number of thiazole rings is 1.